The summed E-state index contributed by atoms with van der Waals surface area (Å²) in [7, 11) is 4.32. The van der Waals surface area contributed by atoms with Gasteiger partial charge in [-0.1, -0.05) is 28.1 Å². The van der Waals surface area contributed by atoms with E-state index in [0.717, 1.165) is 13.1 Å². The van der Waals surface area contributed by atoms with Crippen molar-refractivity contribution < 1.29 is 0 Å². The van der Waals surface area contributed by atoms with Gasteiger partial charge in [0.1, 0.15) is 0 Å². The Morgan fingerprint density at radius 3 is 2.74 bits per heavy atom. The first-order valence-corrected chi connectivity index (χ1v) is 7.68. The Bertz CT molecular complexity index is 433. The van der Waals surface area contributed by atoms with Crippen molar-refractivity contribution in [2.75, 3.05) is 33.7 Å². The fourth-order valence-electron chi connectivity index (χ4n) is 2.79. The molecule has 0 spiro atoms. The summed E-state index contributed by atoms with van der Waals surface area (Å²) >= 11 is 3.62. The predicted molar refractivity (Wildman–Crippen MR) is 84.3 cm³/mol. The quantitative estimate of drug-likeness (QED) is 0.922. The Balaban J connectivity index is 2.14. The van der Waals surface area contributed by atoms with Crippen LogP contribution in [0.25, 0.3) is 0 Å². The van der Waals surface area contributed by atoms with Gasteiger partial charge >= 0.3 is 0 Å². The Labute approximate surface area is 124 Å². The maximum atomic E-state index is 6.02. The van der Waals surface area contributed by atoms with Crippen LogP contribution in [0.15, 0.2) is 22.7 Å². The third-order valence-corrected chi connectivity index (χ3v) is 5.02. The monoisotopic (exact) mass is 325 g/mol. The largest absolute Gasteiger partial charge is 0.329 e. The molecular weight excluding hydrogens is 302 g/mol. The molecule has 2 unspecified atom stereocenters. The van der Waals surface area contributed by atoms with Gasteiger partial charge in [-0.2, -0.15) is 0 Å². The van der Waals surface area contributed by atoms with E-state index in [1.807, 2.05) is 0 Å². The van der Waals surface area contributed by atoms with Gasteiger partial charge in [-0.05, 0) is 44.6 Å². The third-order valence-electron chi connectivity index (χ3n) is 4.17. The third kappa shape index (κ3) is 3.37. The van der Waals surface area contributed by atoms with Gasteiger partial charge in [-0.3, -0.25) is 4.90 Å². The lowest BCUT2D eigenvalue weighted by atomic mass is 10.0. The first-order chi connectivity index (χ1) is 9.02. The highest BCUT2D eigenvalue weighted by Crippen LogP contribution is 2.28. The minimum atomic E-state index is 0.335. The zero-order valence-electron chi connectivity index (χ0n) is 12.1. The number of likely N-dealkylation sites (tertiary alicyclic amines) is 1. The maximum absolute atomic E-state index is 6.02. The highest BCUT2D eigenvalue weighted by molar-refractivity contribution is 9.10. The summed E-state index contributed by atoms with van der Waals surface area (Å²) in [6.07, 6.45) is 1.23. The van der Waals surface area contributed by atoms with E-state index in [-0.39, 0.29) is 0 Å². The van der Waals surface area contributed by atoms with Crippen molar-refractivity contribution in [2.24, 2.45) is 5.73 Å². The van der Waals surface area contributed by atoms with Crippen molar-refractivity contribution in [3.8, 4) is 0 Å². The average molecular weight is 326 g/mol. The van der Waals surface area contributed by atoms with Crippen LogP contribution in [0.3, 0.4) is 0 Å². The number of nitrogens with zero attached hydrogens (tertiary/aromatic N) is 2. The molecule has 1 aromatic carbocycles. The molecule has 2 N–H and O–H groups in total. The molecule has 1 heterocycles. The fourth-order valence-corrected chi connectivity index (χ4v) is 3.18. The molecule has 0 radical (unpaired) electrons. The number of likely N-dealkylation sites (N-methyl/N-ethyl adjacent to an activating group) is 1. The van der Waals surface area contributed by atoms with Crippen LogP contribution >= 0.6 is 15.9 Å². The van der Waals surface area contributed by atoms with Crippen LogP contribution in [0.4, 0.5) is 0 Å². The Morgan fingerprint density at radius 1 is 1.47 bits per heavy atom. The molecule has 1 aromatic rings. The second kappa shape index (κ2) is 6.35. The van der Waals surface area contributed by atoms with Crippen LogP contribution < -0.4 is 5.73 Å². The number of halogens is 1. The zero-order chi connectivity index (χ0) is 14.0. The predicted octanol–water partition coefficient (Wildman–Crippen LogP) is 2.39. The molecule has 1 aliphatic rings. The molecule has 4 heteroatoms. The Morgan fingerprint density at radius 2 is 2.21 bits per heavy atom. The van der Waals surface area contributed by atoms with E-state index in [0.29, 0.717) is 18.6 Å². The maximum Gasteiger partial charge on any atom is 0.0471 e. The van der Waals surface area contributed by atoms with Gasteiger partial charge in [0.2, 0.25) is 0 Å². The molecule has 1 fully saturated rings. The number of hydrogen-bond acceptors (Lipinski definition) is 3. The summed E-state index contributed by atoms with van der Waals surface area (Å²) < 4.78 is 1.17. The van der Waals surface area contributed by atoms with Gasteiger partial charge in [0, 0.05) is 36.2 Å². The molecule has 0 bridgehead atoms. The van der Waals surface area contributed by atoms with Gasteiger partial charge in [-0.25, -0.2) is 0 Å². The van der Waals surface area contributed by atoms with E-state index < -0.39 is 0 Å². The van der Waals surface area contributed by atoms with Crippen LogP contribution in [0.5, 0.6) is 0 Å². The number of aryl methyl sites for hydroxylation is 1. The SMILES string of the molecule is Cc1ccc(C(CN)N2CCC(N(C)C)C2)cc1Br. The van der Waals surface area contributed by atoms with Gasteiger partial charge in [0.15, 0.2) is 0 Å². The molecule has 19 heavy (non-hydrogen) atoms. The smallest absolute Gasteiger partial charge is 0.0471 e. The summed E-state index contributed by atoms with van der Waals surface area (Å²) in [6.45, 7) is 5.04. The summed E-state index contributed by atoms with van der Waals surface area (Å²) in [5.41, 5.74) is 8.61. The zero-order valence-corrected chi connectivity index (χ0v) is 13.7. The van der Waals surface area contributed by atoms with Gasteiger partial charge < -0.3 is 10.6 Å². The van der Waals surface area contributed by atoms with Crippen LogP contribution in [-0.2, 0) is 0 Å². The Hall–Kier alpha value is -0.420. The summed E-state index contributed by atoms with van der Waals surface area (Å²) in [5.74, 6) is 0. The minimum absolute atomic E-state index is 0.335. The molecular formula is C15H24BrN3. The first-order valence-electron chi connectivity index (χ1n) is 6.89. The van der Waals surface area contributed by atoms with Crippen LogP contribution in [0.1, 0.15) is 23.6 Å². The van der Waals surface area contributed by atoms with Crippen molar-refractivity contribution in [1.29, 1.82) is 0 Å². The van der Waals surface area contributed by atoms with Crippen molar-refractivity contribution >= 4 is 15.9 Å². The van der Waals surface area contributed by atoms with Crippen molar-refractivity contribution in [3.63, 3.8) is 0 Å². The summed E-state index contributed by atoms with van der Waals surface area (Å²) in [5, 5.41) is 0. The molecule has 0 saturated carbocycles. The molecule has 3 nitrogen and oxygen atoms in total. The lowest BCUT2D eigenvalue weighted by Crippen LogP contribution is -2.36. The van der Waals surface area contributed by atoms with Gasteiger partial charge in [0.05, 0.1) is 0 Å². The highest BCUT2D eigenvalue weighted by atomic mass is 79.9. The van der Waals surface area contributed by atoms with Crippen molar-refractivity contribution in [3.05, 3.63) is 33.8 Å². The minimum Gasteiger partial charge on any atom is -0.329 e. The molecule has 106 valence electrons. The second-order valence-corrected chi connectivity index (χ2v) is 6.52. The summed E-state index contributed by atoms with van der Waals surface area (Å²) in [4.78, 5) is 4.83. The van der Waals surface area contributed by atoms with Crippen LogP contribution in [0, 0.1) is 6.92 Å². The number of benzene rings is 1. The van der Waals surface area contributed by atoms with E-state index in [1.54, 1.807) is 0 Å². The Kier molecular flexibility index (Phi) is 5.01. The summed E-state index contributed by atoms with van der Waals surface area (Å²) in [6, 6.07) is 7.59. The first kappa shape index (κ1) is 15.0. The molecule has 2 atom stereocenters. The van der Waals surface area contributed by atoms with Gasteiger partial charge in [-0.15, -0.1) is 0 Å². The fraction of sp³-hybridized carbons (Fsp3) is 0.600. The molecule has 1 saturated heterocycles. The van der Waals surface area contributed by atoms with E-state index in [2.05, 4.69) is 64.9 Å². The highest BCUT2D eigenvalue weighted by Gasteiger charge is 2.29. The van der Waals surface area contributed by atoms with Crippen LogP contribution in [-0.4, -0.2) is 49.6 Å². The molecule has 2 rings (SSSR count). The second-order valence-electron chi connectivity index (χ2n) is 5.66. The van der Waals surface area contributed by atoms with E-state index in [1.165, 1.54) is 22.0 Å². The van der Waals surface area contributed by atoms with Crippen molar-refractivity contribution in [2.45, 2.75) is 25.4 Å². The lowest BCUT2D eigenvalue weighted by Gasteiger charge is -2.28. The topological polar surface area (TPSA) is 32.5 Å². The van der Waals surface area contributed by atoms with Crippen LogP contribution in [0.2, 0.25) is 0 Å². The number of nitrogens with two attached hydrogens (primary N) is 1. The standard InChI is InChI=1S/C15H24BrN3/c1-11-4-5-12(8-14(11)16)15(9-17)19-7-6-13(10-19)18(2)3/h4-5,8,13,15H,6-7,9-10,17H2,1-3H3. The number of rotatable bonds is 4. The lowest BCUT2D eigenvalue weighted by molar-refractivity contribution is 0.220. The van der Waals surface area contributed by atoms with E-state index in [9.17, 15) is 0 Å². The number of hydrogen-bond donors (Lipinski definition) is 1. The van der Waals surface area contributed by atoms with Gasteiger partial charge in [0.25, 0.3) is 0 Å². The molecule has 0 aliphatic carbocycles. The normalized spacial score (nSPS) is 22.1. The van der Waals surface area contributed by atoms with Crippen molar-refractivity contribution in [1.82, 2.24) is 9.80 Å². The molecule has 1 aliphatic heterocycles. The van der Waals surface area contributed by atoms with E-state index >= 15 is 0 Å². The molecule has 0 amide bonds. The average Bonchev–Trinajstić information content (AvgIpc) is 2.84. The van der Waals surface area contributed by atoms with E-state index in [4.69, 9.17) is 5.73 Å². The molecule has 0 aromatic heterocycles.